The van der Waals surface area contributed by atoms with E-state index in [9.17, 15) is 43.3 Å². The van der Waals surface area contributed by atoms with E-state index in [1.807, 2.05) is 0 Å². The van der Waals surface area contributed by atoms with E-state index in [1.54, 1.807) is 19.0 Å². The predicted octanol–water partition coefficient (Wildman–Crippen LogP) is 0.887. The Balaban J connectivity index is 1.80. The second-order valence-electron chi connectivity index (χ2n) is 9.73. The summed E-state index contributed by atoms with van der Waals surface area (Å²) in [6.45, 7) is -1.09. The van der Waals surface area contributed by atoms with Crippen molar-refractivity contribution in [1.29, 1.82) is 0 Å². The minimum Gasteiger partial charge on any atom is -0.510 e. The Labute approximate surface area is 210 Å². The number of Topliss-reactive ketones (excluding diaryl/α,β-unsaturated/α-hetero) is 3. The number of alkyl halides is 2. The Morgan fingerprint density at radius 1 is 1.16 bits per heavy atom. The maximum absolute atomic E-state index is 13.7. The number of carbonyl (C=O) groups excluding carboxylic acids is 4. The predicted molar refractivity (Wildman–Crippen MR) is 126 cm³/mol. The van der Waals surface area contributed by atoms with E-state index in [0.29, 0.717) is 0 Å². The van der Waals surface area contributed by atoms with Crippen molar-refractivity contribution in [2.45, 2.75) is 25.3 Å². The summed E-state index contributed by atoms with van der Waals surface area (Å²) in [6.07, 6.45) is -2.48. The molecular formula is C25H27F2N3O7. The Morgan fingerprint density at radius 2 is 1.84 bits per heavy atom. The highest BCUT2D eigenvalue weighted by atomic mass is 19.3. The lowest BCUT2D eigenvalue weighted by Gasteiger charge is -2.46. The molecule has 0 spiro atoms. The van der Waals surface area contributed by atoms with E-state index in [2.05, 4.69) is 5.32 Å². The summed E-state index contributed by atoms with van der Waals surface area (Å²) in [5.41, 5.74) is 4.77. The zero-order valence-corrected chi connectivity index (χ0v) is 20.1. The van der Waals surface area contributed by atoms with Crippen LogP contribution in [0.5, 0.6) is 5.75 Å². The molecule has 1 amide bonds. The second-order valence-corrected chi connectivity index (χ2v) is 9.73. The molecule has 0 saturated heterocycles. The fraction of sp³-hybridized carbons (Fsp3) is 0.440. The normalized spacial score (nSPS) is 25.4. The van der Waals surface area contributed by atoms with Gasteiger partial charge in [-0.1, -0.05) is 0 Å². The highest BCUT2D eigenvalue weighted by molar-refractivity contribution is 6.28. The molecule has 12 heteroatoms. The van der Waals surface area contributed by atoms with Crippen LogP contribution in [0.25, 0.3) is 5.76 Å². The van der Waals surface area contributed by atoms with E-state index in [-0.39, 0.29) is 35.1 Å². The molecule has 198 valence electrons. The number of nitrogens with zero attached hydrogens (tertiary/aromatic N) is 1. The number of rotatable bonds is 7. The molecule has 1 aromatic carbocycles. The first-order valence-electron chi connectivity index (χ1n) is 11.6. The molecule has 10 nitrogen and oxygen atoms in total. The van der Waals surface area contributed by atoms with Gasteiger partial charge in [0.25, 0.3) is 12.3 Å². The average molecular weight is 520 g/mol. The summed E-state index contributed by atoms with van der Waals surface area (Å²) >= 11 is 0. The summed E-state index contributed by atoms with van der Waals surface area (Å²) in [4.78, 5) is 53.2. The summed E-state index contributed by atoms with van der Waals surface area (Å²) in [5, 5.41) is 34.7. The van der Waals surface area contributed by atoms with Gasteiger partial charge in [-0.15, -0.1) is 0 Å². The number of allylic oxidation sites excluding steroid dienone is 1. The summed E-state index contributed by atoms with van der Waals surface area (Å²) < 4.78 is 25.0. The number of phenols is 1. The molecule has 1 fully saturated rings. The zero-order valence-electron chi connectivity index (χ0n) is 20.1. The van der Waals surface area contributed by atoms with Crippen LogP contribution in [0.2, 0.25) is 0 Å². The van der Waals surface area contributed by atoms with Crippen LogP contribution in [0.15, 0.2) is 29.0 Å². The summed E-state index contributed by atoms with van der Waals surface area (Å²) in [6, 6.07) is 1.60. The van der Waals surface area contributed by atoms with Crippen molar-refractivity contribution in [1.82, 2.24) is 10.2 Å². The van der Waals surface area contributed by atoms with Gasteiger partial charge in [-0.3, -0.25) is 24.1 Å². The summed E-state index contributed by atoms with van der Waals surface area (Å²) in [7, 11) is 3.22. The molecule has 4 atom stereocenters. The number of halogens is 2. The number of aromatic hydroxyl groups is 1. The van der Waals surface area contributed by atoms with Gasteiger partial charge in [-0.2, -0.15) is 0 Å². The molecule has 6 N–H and O–H groups in total. The number of hydrogen-bond donors (Lipinski definition) is 5. The molecule has 4 unspecified atom stereocenters. The van der Waals surface area contributed by atoms with Crippen LogP contribution < -0.4 is 11.1 Å². The van der Waals surface area contributed by atoms with Crippen molar-refractivity contribution in [2.75, 3.05) is 27.2 Å². The number of carbonyl (C=O) groups is 4. The largest absolute Gasteiger partial charge is 0.510 e. The minimum atomic E-state index is -2.65. The van der Waals surface area contributed by atoms with E-state index in [1.165, 1.54) is 6.07 Å². The molecule has 0 aliphatic heterocycles. The van der Waals surface area contributed by atoms with E-state index in [0.717, 1.165) is 6.07 Å². The Morgan fingerprint density at radius 3 is 2.43 bits per heavy atom. The van der Waals surface area contributed by atoms with Crippen molar-refractivity contribution >= 4 is 29.0 Å². The summed E-state index contributed by atoms with van der Waals surface area (Å²) in [5.74, 6) is -7.72. The van der Waals surface area contributed by atoms with Crippen molar-refractivity contribution < 1.29 is 43.3 Å². The Kier molecular flexibility index (Phi) is 6.91. The number of amides is 1. The van der Waals surface area contributed by atoms with Crippen LogP contribution in [-0.4, -0.2) is 83.1 Å². The molecule has 4 rings (SSSR count). The van der Waals surface area contributed by atoms with Gasteiger partial charge < -0.3 is 26.4 Å². The smallest absolute Gasteiger partial charge is 0.255 e. The first-order valence-corrected chi connectivity index (χ1v) is 11.6. The topological polar surface area (TPSA) is 170 Å². The molecule has 1 aromatic rings. The second kappa shape index (κ2) is 9.67. The third kappa shape index (κ3) is 4.29. The number of hydrogen-bond acceptors (Lipinski definition) is 9. The fourth-order valence-electron chi connectivity index (χ4n) is 5.92. The number of aliphatic hydroxyl groups excluding tert-OH is 2. The molecule has 3 aliphatic carbocycles. The third-order valence-electron chi connectivity index (χ3n) is 7.33. The molecule has 0 bridgehead atoms. The number of nitrogens with one attached hydrogen (secondary N) is 1. The van der Waals surface area contributed by atoms with Gasteiger partial charge in [-0.05, 0) is 56.5 Å². The van der Waals surface area contributed by atoms with Crippen LogP contribution in [0, 0.1) is 17.8 Å². The van der Waals surface area contributed by atoms with Gasteiger partial charge in [0, 0.05) is 11.1 Å². The van der Waals surface area contributed by atoms with Crippen LogP contribution in [0.4, 0.5) is 8.78 Å². The van der Waals surface area contributed by atoms with Gasteiger partial charge in [0.05, 0.1) is 30.6 Å². The highest BCUT2D eigenvalue weighted by Crippen LogP contribution is 2.50. The molecule has 0 aromatic heterocycles. The number of phenolic OH excluding ortho intramolecular Hbond substituents is 1. The maximum atomic E-state index is 13.7. The highest BCUT2D eigenvalue weighted by Gasteiger charge is 2.55. The average Bonchev–Trinajstić information content (AvgIpc) is 2.77. The van der Waals surface area contributed by atoms with Gasteiger partial charge in [0.15, 0.2) is 17.3 Å². The van der Waals surface area contributed by atoms with Crippen LogP contribution in [0.3, 0.4) is 0 Å². The van der Waals surface area contributed by atoms with Gasteiger partial charge in [0.2, 0.25) is 0 Å². The fourth-order valence-corrected chi connectivity index (χ4v) is 5.92. The first-order chi connectivity index (χ1) is 17.4. The van der Waals surface area contributed by atoms with Crippen molar-refractivity contribution in [3.8, 4) is 5.75 Å². The molecule has 3 aliphatic rings. The van der Waals surface area contributed by atoms with Crippen molar-refractivity contribution in [3.05, 3.63) is 45.7 Å². The monoisotopic (exact) mass is 519 g/mol. The lowest BCUT2D eigenvalue weighted by molar-refractivity contribution is -0.136. The number of nitrogens with two attached hydrogens (primary N) is 1. The van der Waals surface area contributed by atoms with Crippen LogP contribution in [0.1, 0.15) is 27.9 Å². The maximum Gasteiger partial charge on any atom is 0.255 e. The number of aliphatic hydroxyl groups is 2. The molecule has 0 heterocycles. The van der Waals surface area contributed by atoms with E-state index < -0.39 is 89.4 Å². The van der Waals surface area contributed by atoms with Crippen molar-refractivity contribution in [3.63, 3.8) is 0 Å². The molecule has 0 radical (unpaired) electrons. The number of fused-ring (bicyclic) bond motifs is 3. The van der Waals surface area contributed by atoms with Crippen LogP contribution in [-0.2, 0) is 20.8 Å². The lowest BCUT2D eigenvalue weighted by Crippen LogP contribution is -2.55. The third-order valence-corrected chi connectivity index (χ3v) is 7.33. The number of ketones is 3. The van der Waals surface area contributed by atoms with Gasteiger partial charge in [-0.25, -0.2) is 8.78 Å². The van der Waals surface area contributed by atoms with Gasteiger partial charge >= 0.3 is 0 Å². The molecule has 37 heavy (non-hydrogen) atoms. The minimum absolute atomic E-state index is 0.0372. The van der Waals surface area contributed by atoms with Gasteiger partial charge in [0.1, 0.15) is 22.8 Å². The zero-order chi connectivity index (χ0) is 27.3. The van der Waals surface area contributed by atoms with E-state index in [4.69, 9.17) is 5.73 Å². The quantitative estimate of drug-likeness (QED) is 0.199. The van der Waals surface area contributed by atoms with Crippen LogP contribution >= 0.6 is 0 Å². The molecule has 1 saturated carbocycles. The number of likely N-dealkylation sites (N-methyl/N-ethyl adjacent to an activating group) is 1. The SMILES string of the molecule is CN(C)C1C(O)=C(C(N)=O)C(=O)C2C(=O)C3=C(O)c4c(O)ccc(C(=O)CNCC(F)F)c4CC3CC21. The Bertz CT molecular complexity index is 1270. The number of benzene rings is 1. The molecular weight excluding hydrogens is 492 g/mol. The Hall–Kier alpha value is -3.64. The lowest BCUT2D eigenvalue weighted by atomic mass is 9.59. The van der Waals surface area contributed by atoms with Crippen molar-refractivity contribution in [2.24, 2.45) is 23.5 Å². The first kappa shape index (κ1) is 26.4. The number of primary amides is 1. The van der Waals surface area contributed by atoms with E-state index >= 15 is 0 Å². The standard InChI is InChI=1S/C25H27F2N3O7/c1-30(2)20-12-6-9-5-11-10(14(32)7-29-8-15(26)27)3-4-13(31)17(11)21(33)16(9)22(34)18(12)23(35)19(24(20)36)25(28)37/h3-4,9,12,15,18,20,29,31,33,36H,5-8H2,1-2H3,(H2,28,37).